The first-order chi connectivity index (χ1) is 10.4. The van der Waals surface area contributed by atoms with E-state index < -0.39 is 5.82 Å². The fourth-order valence-corrected chi connectivity index (χ4v) is 2.29. The number of nitrogens with one attached hydrogen (secondary N) is 2. The molecule has 1 unspecified atom stereocenters. The minimum absolute atomic E-state index is 0.146. The van der Waals surface area contributed by atoms with E-state index >= 15 is 0 Å². The summed E-state index contributed by atoms with van der Waals surface area (Å²) in [6, 6.07) is 6.50. The van der Waals surface area contributed by atoms with Crippen LogP contribution in [-0.2, 0) is 4.79 Å². The molecule has 2 N–H and O–H groups in total. The lowest BCUT2D eigenvalue weighted by atomic mass is 10.1. The predicted octanol–water partition coefficient (Wildman–Crippen LogP) is 2.42. The molecule has 2 aromatic rings. The summed E-state index contributed by atoms with van der Waals surface area (Å²) in [5.74, 6) is -0.762. The highest BCUT2D eigenvalue weighted by atomic mass is 19.1. The molecular formula is C16H21FN4O. The molecule has 2 rings (SSSR count). The second-order valence-corrected chi connectivity index (χ2v) is 5.45. The summed E-state index contributed by atoms with van der Waals surface area (Å²) in [7, 11) is 1.78. The first-order valence-electron chi connectivity index (χ1n) is 7.21. The zero-order valence-electron chi connectivity index (χ0n) is 13.3. The lowest BCUT2D eigenvalue weighted by molar-refractivity contribution is -0.119. The molecule has 22 heavy (non-hydrogen) atoms. The Hall–Kier alpha value is -2.21. The van der Waals surface area contributed by atoms with Crippen molar-refractivity contribution in [3.05, 3.63) is 41.5 Å². The van der Waals surface area contributed by atoms with E-state index in [4.69, 9.17) is 0 Å². The standard InChI is InChI=1S/C16H21FN4O/c1-10(9-18-4)16(22)19-13-5-6-15(14(17)8-13)21-12(3)7-11(2)20-21/h5-8,10,18H,9H2,1-4H3,(H,19,22). The largest absolute Gasteiger partial charge is 0.326 e. The third-order valence-electron chi connectivity index (χ3n) is 3.41. The summed E-state index contributed by atoms with van der Waals surface area (Å²) >= 11 is 0. The van der Waals surface area contributed by atoms with Gasteiger partial charge >= 0.3 is 0 Å². The van der Waals surface area contributed by atoms with Crippen molar-refractivity contribution in [2.75, 3.05) is 18.9 Å². The van der Waals surface area contributed by atoms with Gasteiger partial charge in [0.15, 0.2) is 5.82 Å². The Balaban J connectivity index is 2.20. The molecule has 1 aromatic heterocycles. The van der Waals surface area contributed by atoms with Gasteiger partial charge in [0.25, 0.3) is 0 Å². The number of rotatable bonds is 5. The maximum Gasteiger partial charge on any atom is 0.228 e. The number of halogens is 1. The van der Waals surface area contributed by atoms with E-state index in [0.29, 0.717) is 17.9 Å². The monoisotopic (exact) mass is 304 g/mol. The Kier molecular flexibility index (Phi) is 4.92. The van der Waals surface area contributed by atoms with Gasteiger partial charge in [-0.05, 0) is 45.2 Å². The molecule has 0 saturated carbocycles. The quantitative estimate of drug-likeness (QED) is 0.892. The fraction of sp³-hybridized carbons (Fsp3) is 0.375. The number of amides is 1. The van der Waals surface area contributed by atoms with Crippen molar-refractivity contribution >= 4 is 11.6 Å². The van der Waals surface area contributed by atoms with Crippen LogP contribution in [0.1, 0.15) is 18.3 Å². The Labute approximate surface area is 129 Å². The second kappa shape index (κ2) is 6.70. The fourth-order valence-electron chi connectivity index (χ4n) is 2.29. The number of nitrogens with zero attached hydrogens (tertiary/aromatic N) is 2. The van der Waals surface area contributed by atoms with E-state index in [1.54, 1.807) is 23.9 Å². The van der Waals surface area contributed by atoms with Gasteiger partial charge in [-0.25, -0.2) is 9.07 Å². The van der Waals surface area contributed by atoms with E-state index in [2.05, 4.69) is 15.7 Å². The number of hydrogen-bond donors (Lipinski definition) is 2. The van der Waals surface area contributed by atoms with Crippen LogP contribution in [0.5, 0.6) is 0 Å². The molecule has 6 heteroatoms. The first-order valence-corrected chi connectivity index (χ1v) is 7.21. The van der Waals surface area contributed by atoms with E-state index in [-0.39, 0.29) is 11.8 Å². The average Bonchev–Trinajstić information content (AvgIpc) is 2.78. The smallest absolute Gasteiger partial charge is 0.228 e. The van der Waals surface area contributed by atoms with Crippen LogP contribution >= 0.6 is 0 Å². The number of hydrogen-bond acceptors (Lipinski definition) is 3. The lowest BCUT2D eigenvalue weighted by Crippen LogP contribution is -2.28. The van der Waals surface area contributed by atoms with Crippen LogP contribution < -0.4 is 10.6 Å². The first kappa shape index (κ1) is 16.2. The van der Waals surface area contributed by atoms with Crippen molar-refractivity contribution < 1.29 is 9.18 Å². The lowest BCUT2D eigenvalue weighted by Gasteiger charge is -2.13. The Morgan fingerprint density at radius 2 is 2.09 bits per heavy atom. The SMILES string of the molecule is CNCC(C)C(=O)Nc1ccc(-n2nc(C)cc2C)c(F)c1. The normalized spacial score (nSPS) is 12.2. The Morgan fingerprint density at radius 3 is 2.64 bits per heavy atom. The van der Waals surface area contributed by atoms with Gasteiger partial charge in [-0.3, -0.25) is 4.79 Å². The van der Waals surface area contributed by atoms with E-state index in [1.807, 2.05) is 26.8 Å². The zero-order valence-corrected chi connectivity index (χ0v) is 13.3. The second-order valence-electron chi connectivity index (χ2n) is 5.45. The van der Waals surface area contributed by atoms with Crippen molar-refractivity contribution in [1.82, 2.24) is 15.1 Å². The Bertz CT molecular complexity index is 681. The molecule has 0 radical (unpaired) electrons. The number of carbonyl (C=O) groups is 1. The summed E-state index contributed by atoms with van der Waals surface area (Å²) in [5, 5.41) is 9.92. The molecule has 1 heterocycles. The molecule has 0 saturated heterocycles. The van der Waals surface area contributed by atoms with Crippen molar-refractivity contribution in [2.24, 2.45) is 5.92 Å². The minimum Gasteiger partial charge on any atom is -0.326 e. The van der Waals surface area contributed by atoms with Crippen LogP contribution in [0.3, 0.4) is 0 Å². The van der Waals surface area contributed by atoms with Crippen LogP contribution in [0.15, 0.2) is 24.3 Å². The number of aromatic nitrogens is 2. The summed E-state index contributed by atoms with van der Waals surface area (Å²) in [6.45, 7) is 6.11. The molecule has 0 spiro atoms. The maximum atomic E-state index is 14.3. The zero-order chi connectivity index (χ0) is 16.3. The molecule has 1 atom stereocenters. The summed E-state index contributed by atoms with van der Waals surface area (Å²) in [4.78, 5) is 11.9. The summed E-state index contributed by atoms with van der Waals surface area (Å²) in [5.41, 5.74) is 2.49. The molecule has 0 fully saturated rings. The van der Waals surface area contributed by atoms with Crippen molar-refractivity contribution in [1.29, 1.82) is 0 Å². The van der Waals surface area contributed by atoms with Gasteiger partial charge in [0, 0.05) is 23.8 Å². The van der Waals surface area contributed by atoms with Gasteiger partial charge < -0.3 is 10.6 Å². The summed E-state index contributed by atoms with van der Waals surface area (Å²) in [6.07, 6.45) is 0. The van der Waals surface area contributed by atoms with Gasteiger partial charge in [-0.15, -0.1) is 0 Å². The number of carbonyl (C=O) groups excluding carboxylic acids is 1. The van der Waals surface area contributed by atoms with Crippen molar-refractivity contribution in [3.8, 4) is 5.69 Å². The number of anilines is 1. The molecule has 0 aliphatic rings. The highest BCUT2D eigenvalue weighted by Crippen LogP contribution is 2.20. The molecule has 0 aliphatic heterocycles. The highest BCUT2D eigenvalue weighted by Gasteiger charge is 2.14. The summed E-state index contributed by atoms with van der Waals surface area (Å²) < 4.78 is 15.9. The van der Waals surface area contributed by atoms with Gasteiger partial charge in [0.1, 0.15) is 5.69 Å². The average molecular weight is 304 g/mol. The molecule has 0 bridgehead atoms. The number of benzene rings is 1. The van der Waals surface area contributed by atoms with Crippen LogP contribution in [-0.4, -0.2) is 29.3 Å². The Morgan fingerprint density at radius 1 is 1.36 bits per heavy atom. The highest BCUT2D eigenvalue weighted by molar-refractivity contribution is 5.92. The van der Waals surface area contributed by atoms with E-state index in [0.717, 1.165) is 11.4 Å². The number of aryl methyl sites for hydroxylation is 2. The van der Waals surface area contributed by atoms with Gasteiger partial charge in [0.2, 0.25) is 5.91 Å². The molecule has 1 amide bonds. The van der Waals surface area contributed by atoms with Crippen LogP contribution in [0.25, 0.3) is 5.69 Å². The molecule has 5 nitrogen and oxygen atoms in total. The van der Waals surface area contributed by atoms with Crippen LogP contribution in [0.4, 0.5) is 10.1 Å². The van der Waals surface area contributed by atoms with Gasteiger partial charge in [-0.2, -0.15) is 5.10 Å². The van der Waals surface area contributed by atoms with E-state index in [9.17, 15) is 9.18 Å². The molecule has 118 valence electrons. The van der Waals surface area contributed by atoms with E-state index in [1.165, 1.54) is 6.07 Å². The molecular weight excluding hydrogens is 283 g/mol. The molecule has 1 aromatic carbocycles. The maximum absolute atomic E-state index is 14.3. The minimum atomic E-state index is -0.426. The van der Waals surface area contributed by atoms with Gasteiger partial charge in [0.05, 0.1) is 5.69 Å². The van der Waals surface area contributed by atoms with Crippen LogP contribution in [0, 0.1) is 25.6 Å². The molecule has 0 aliphatic carbocycles. The third-order valence-corrected chi connectivity index (χ3v) is 3.41. The van der Waals surface area contributed by atoms with Crippen molar-refractivity contribution in [3.63, 3.8) is 0 Å². The third kappa shape index (κ3) is 3.51. The van der Waals surface area contributed by atoms with Crippen molar-refractivity contribution in [2.45, 2.75) is 20.8 Å². The van der Waals surface area contributed by atoms with Gasteiger partial charge in [-0.1, -0.05) is 6.92 Å². The predicted molar refractivity (Wildman–Crippen MR) is 84.7 cm³/mol. The topological polar surface area (TPSA) is 59.0 Å². The van der Waals surface area contributed by atoms with Crippen LogP contribution in [0.2, 0.25) is 0 Å².